The monoisotopic (exact) mass is 374 g/mol. The molecule has 2 atom stereocenters. The van der Waals surface area contributed by atoms with Crippen LogP contribution in [0.4, 0.5) is 16.2 Å². The predicted octanol–water partition coefficient (Wildman–Crippen LogP) is 1.05. The summed E-state index contributed by atoms with van der Waals surface area (Å²) < 4.78 is 19.4. The van der Waals surface area contributed by atoms with Gasteiger partial charge >= 0.3 is 0 Å². The molecule has 0 bridgehead atoms. The summed E-state index contributed by atoms with van der Waals surface area (Å²) in [5.41, 5.74) is 0. The molecule has 1 fully saturated rings. The molecule has 8 nitrogen and oxygen atoms in total. The van der Waals surface area contributed by atoms with E-state index in [1.54, 1.807) is 35.5 Å². The molecular weight excluding hydrogens is 351 g/mol. The number of carbonyl (C=O) groups is 1. The first-order chi connectivity index (χ1) is 13.0. The summed E-state index contributed by atoms with van der Waals surface area (Å²) in [7, 11) is 3.70. The van der Waals surface area contributed by atoms with Gasteiger partial charge in [-0.15, -0.1) is 0 Å². The summed E-state index contributed by atoms with van der Waals surface area (Å²) in [5.74, 6) is 1.47. The minimum Gasteiger partial charge on any atom is -0.482 e. The topological polar surface area (TPSA) is 83.5 Å². The number of rotatable bonds is 7. The predicted molar refractivity (Wildman–Crippen MR) is 99.7 cm³/mol. The van der Waals surface area contributed by atoms with Crippen molar-refractivity contribution < 1.29 is 13.9 Å². The zero-order valence-corrected chi connectivity index (χ0v) is 15.4. The van der Waals surface area contributed by atoms with E-state index in [0.29, 0.717) is 30.5 Å². The number of nitrogens with zero attached hydrogens (tertiary/aromatic N) is 5. The van der Waals surface area contributed by atoms with Gasteiger partial charge in [-0.05, 0) is 18.2 Å². The zero-order chi connectivity index (χ0) is 19.2. The molecule has 1 N–H and O–H groups in total. The van der Waals surface area contributed by atoms with E-state index in [4.69, 9.17) is 4.74 Å². The van der Waals surface area contributed by atoms with E-state index in [9.17, 15) is 9.18 Å². The van der Waals surface area contributed by atoms with E-state index in [0.717, 1.165) is 0 Å². The number of anilines is 2. The molecule has 2 aromatic heterocycles. The van der Waals surface area contributed by atoms with Crippen LogP contribution in [0.3, 0.4) is 0 Å². The third-order valence-corrected chi connectivity index (χ3v) is 4.23. The van der Waals surface area contributed by atoms with Crippen molar-refractivity contribution in [1.82, 2.24) is 20.3 Å². The molecule has 1 amide bonds. The number of carbonyl (C=O) groups excluding carboxylic acids is 1. The molecule has 3 heterocycles. The Morgan fingerprint density at radius 1 is 1.41 bits per heavy atom. The van der Waals surface area contributed by atoms with Crippen LogP contribution in [0.15, 0.2) is 36.8 Å². The van der Waals surface area contributed by atoms with Crippen molar-refractivity contribution in [2.75, 3.05) is 43.6 Å². The maximum atomic E-state index is 14.0. The molecule has 9 heteroatoms. The lowest BCUT2D eigenvalue weighted by Crippen LogP contribution is -2.42. The van der Waals surface area contributed by atoms with Crippen LogP contribution < -0.4 is 19.9 Å². The van der Waals surface area contributed by atoms with Crippen molar-refractivity contribution >= 4 is 17.7 Å². The average molecular weight is 374 g/mol. The van der Waals surface area contributed by atoms with E-state index >= 15 is 0 Å². The van der Waals surface area contributed by atoms with Gasteiger partial charge in [0.05, 0.1) is 18.8 Å². The SMILES string of the molecule is CN(C)c1nccc(N2C[C@@H](F)C[C@H]2CNC(=O)COc2cccnc2)n1. The minimum absolute atomic E-state index is 0.115. The number of hydrogen-bond donors (Lipinski definition) is 1. The fourth-order valence-electron chi connectivity index (χ4n) is 2.91. The van der Waals surface area contributed by atoms with Crippen molar-refractivity contribution in [2.45, 2.75) is 18.6 Å². The highest BCUT2D eigenvalue weighted by Crippen LogP contribution is 2.26. The van der Waals surface area contributed by atoms with Crippen LogP contribution in [0.2, 0.25) is 0 Å². The smallest absolute Gasteiger partial charge is 0.258 e. The molecule has 1 aliphatic heterocycles. The van der Waals surface area contributed by atoms with Gasteiger partial charge in [0.25, 0.3) is 5.91 Å². The summed E-state index contributed by atoms with van der Waals surface area (Å²) >= 11 is 0. The fraction of sp³-hybridized carbons (Fsp3) is 0.444. The lowest BCUT2D eigenvalue weighted by molar-refractivity contribution is -0.123. The number of hydrogen-bond acceptors (Lipinski definition) is 7. The number of ether oxygens (including phenoxy) is 1. The van der Waals surface area contributed by atoms with Crippen LogP contribution in [0.5, 0.6) is 5.75 Å². The second kappa shape index (κ2) is 8.61. The molecule has 2 aromatic rings. The van der Waals surface area contributed by atoms with E-state index in [2.05, 4.69) is 20.3 Å². The van der Waals surface area contributed by atoms with Crippen molar-refractivity contribution in [3.63, 3.8) is 0 Å². The fourth-order valence-corrected chi connectivity index (χ4v) is 2.91. The Morgan fingerprint density at radius 3 is 3.00 bits per heavy atom. The molecule has 0 aliphatic carbocycles. The first kappa shape index (κ1) is 18.8. The molecule has 1 saturated heterocycles. The van der Waals surface area contributed by atoms with Crippen molar-refractivity contribution in [3.05, 3.63) is 36.8 Å². The Labute approximate surface area is 157 Å². The van der Waals surface area contributed by atoms with E-state index in [-0.39, 0.29) is 25.1 Å². The van der Waals surface area contributed by atoms with Crippen LogP contribution in [0, 0.1) is 0 Å². The number of amides is 1. The summed E-state index contributed by atoms with van der Waals surface area (Å²) in [5, 5.41) is 2.81. The van der Waals surface area contributed by atoms with Gasteiger partial charge in [-0.25, -0.2) is 9.37 Å². The van der Waals surface area contributed by atoms with Gasteiger partial charge in [0.15, 0.2) is 6.61 Å². The van der Waals surface area contributed by atoms with Gasteiger partial charge in [-0.3, -0.25) is 9.78 Å². The van der Waals surface area contributed by atoms with Crippen LogP contribution in [0.25, 0.3) is 0 Å². The lowest BCUT2D eigenvalue weighted by Gasteiger charge is -2.26. The molecule has 27 heavy (non-hydrogen) atoms. The van der Waals surface area contributed by atoms with Gasteiger partial charge in [0.2, 0.25) is 5.95 Å². The third-order valence-electron chi connectivity index (χ3n) is 4.23. The molecule has 0 unspecified atom stereocenters. The molecular formula is C18H23FN6O2. The first-order valence-electron chi connectivity index (χ1n) is 8.73. The first-order valence-corrected chi connectivity index (χ1v) is 8.73. The number of nitrogens with one attached hydrogen (secondary N) is 1. The summed E-state index contributed by atoms with van der Waals surface area (Å²) in [6, 6.07) is 5.04. The maximum absolute atomic E-state index is 14.0. The van der Waals surface area contributed by atoms with Crippen molar-refractivity contribution in [1.29, 1.82) is 0 Å². The van der Waals surface area contributed by atoms with Gasteiger partial charge in [0.1, 0.15) is 17.7 Å². The van der Waals surface area contributed by atoms with Crippen LogP contribution in [0.1, 0.15) is 6.42 Å². The molecule has 0 aromatic carbocycles. The van der Waals surface area contributed by atoms with Crippen molar-refractivity contribution in [2.24, 2.45) is 0 Å². The van der Waals surface area contributed by atoms with E-state index in [1.807, 2.05) is 19.0 Å². The normalized spacial score (nSPS) is 19.0. The minimum atomic E-state index is -0.962. The Kier molecular flexibility index (Phi) is 6.00. The number of aromatic nitrogens is 3. The third kappa shape index (κ3) is 5.02. The highest BCUT2D eigenvalue weighted by Gasteiger charge is 2.33. The maximum Gasteiger partial charge on any atom is 0.258 e. The highest BCUT2D eigenvalue weighted by molar-refractivity contribution is 5.77. The summed E-state index contributed by atoms with van der Waals surface area (Å²) in [4.78, 5) is 28.3. The molecule has 0 spiro atoms. The molecule has 0 radical (unpaired) electrons. The van der Waals surface area contributed by atoms with Gasteiger partial charge < -0.3 is 19.9 Å². The van der Waals surface area contributed by atoms with Crippen LogP contribution in [-0.4, -0.2) is 66.9 Å². The Balaban J connectivity index is 1.56. The number of alkyl halides is 1. The van der Waals surface area contributed by atoms with Gasteiger partial charge in [-0.1, -0.05) is 0 Å². The van der Waals surface area contributed by atoms with E-state index in [1.165, 1.54) is 6.20 Å². The second-order valence-corrected chi connectivity index (χ2v) is 6.53. The second-order valence-electron chi connectivity index (χ2n) is 6.53. The number of pyridine rings is 1. The number of halogens is 1. The highest BCUT2D eigenvalue weighted by atomic mass is 19.1. The van der Waals surface area contributed by atoms with Crippen LogP contribution >= 0.6 is 0 Å². The van der Waals surface area contributed by atoms with E-state index < -0.39 is 6.17 Å². The Morgan fingerprint density at radius 2 is 2.26 bits per heavy atom. The van der Waals surface area contributed by atoms with Gasteiger partial charge in [0, 0.05) is 39.5 Å². The van der Waals surface area contributed by atoms with Gasteiger partial charge in [-0.2, -0.15) is 4.98 Å². The molecule has 0 saturated carbocycles. The molecule has 144 valence electrons. The summed E-state index contributed by atoms with van der Waals surface area (Å²) in [6.45, 7) is 0.448. The Hall–Kier alpha value is -2.97. The quantitative estimate of drug-likeness (QED) is 0.775. The molecule has 1 aliphatic rings. The zero-order valence-electron chi connectivity index (χ0n) is 15.4. The summed E-state index contributed by atoms with van der Waals surface area (Å²) in [6.07, 6.45) is 4.20. The van der Waals surface area contributed by atoms with Crippen molar-refractivity contribution in [3.8, 4) is 5.75 Å². The Bertz CT molecular complexity index is 761. The van der Waals surface area contributed by atoms with Crippen LogP contribution in [-0.2, 0) is 4.79 Å². The molecule has 3 rings (SSSR count). The average Bonchev–Trinajstić information content (AvgIpc) is 3.06. The lowest BCUT2D eigenvalue weighted by atomic mass is 10.2. The standard InChI is InChI=1S/C18H23FN6O2/c1-24(2)18-21-7-5-16(23-18)25-11-13(19)8-14(25)9-22-17(26)12-27-15-4-3-6-20-10-15/h3-7,10,13-14H,8-9,11-12H2,1-2H3,(H,22,26)/t13-,14-/m0/s1. The largest absolute Gasteiger partial charge is 0.482 e.